The Hall–Kier alpha value is -2.58. The van der Waals surface area contributed by atoms with Gasteiger partial charge in [-0.3, -0.25) is 4.79 Å². The van der Waals surface area contributed by atoms with Crippen molar-refractivity contribution in [2.24, 2.45) is 0 Å². The highest BCUT2D eigenvalue weighted by molar-refractivity contribution is 7.18. The van der Waals surface area contributed by atoms with Crippen LogP contribution in [0.1, 0.15) is 63.6 Å². The summed E-state index contributed by atoms with van der Waals surface area (Å²) in [5.41, 5.74) is 0.675. The molecule has 0 aliphatic heterocycles. The number of hydrogen-bond donors (Lipinski definition) is 1. The van der Waals surface area contributed by atoms with E-state index in [1.165, 1.54) is 13.2 Å². The molecule has 0 radical (unpaired) electrons. The van der Waals surface area contributed by atoms with Gasteiger partial charge in [-0.1, -0.05) is 11.6 Å². The van der Waals surface area contributed by atoms with Crippen molar-refractivity contribution in [1.29, 1.82) is 0 Å². The summed E-state index contributed by atoms with van der Waals surface area (Å²) >= 11 is 6.96. The Labute approximate surface area is 184 Å². The second-order valence-corrected chi connectivity index (χ2v) is 8.42. The molecule has 0 atom stereocenters. The van der Waals surface area contributed by atoms with Gasteiger partial charge < -0.3 is 19.5 Å². The van der Waals surface area contributed by atoms with Crippen LogP contribution in [0.4, 0.5) is 5.00 Å². The predicted octanol–water partition coefficient (Wildman–Crippen LogP) is 5.10. The van der Waals surface area contributed by atoms with Gasteiger partial charge in [0.1, 0.15) is 15.6 Å². The van der Waals surface area contributed by atoms with Gasteiger partial charge in [0.25, 0.3) is 5.91 Å². The van der Waals surface area contributed by atoms with Crippen LogP contribution >= 0.6 is 22.9 Å². The van der Waals surface area contributed by atoms with E-state index in [1.54, 1.807) is 46.8 Å². The van der Waals surface area contributed by atoms with Crippen molar-refractivity contribution < 1.29 is 28.6 Å². The van der Waals surface area contributed by atoms with E-state index in [4.69, 9.17) is 25.8 Å². The first kappa shape index (κ1) is 23.7. The summed E-state index contributed by atoms with van der Waals surface area (Å²) < 4.78 is 15.8. The molecule has 0 saturated carbocycles. The third-order valence-electron chi connectivity index (χ3n) is 3.85. The maximum absolute atomic E-state index is 12.9. The number of carbonyl (C=O) groups is 3. The summed E-state index contributed by atoms with van der Waals surface area (Å²) in [7, 11) is 1.43. The number of rotatable bonds is 7. The number of ether oxygens (including phenoxy) is 3. The number of benzene rings is 1. The number of anilines is 1. The standard InChI is InChI=1S/C21H24ClNO6S/c1-10(2)28-20(25)16-12(5)17(21(26)29-11(3)4)30-19(16)23-18(24)14-9-13(22)7-8-15(14)27-6/h7-11H,1-6H3,(H,23,24). The summed E-state index contributed by atoms with van der Waals surface area (Å²) in [6, 6.07) is 4.62. The first-order valence-electron chi connectivity index (χ1n) is 9.25. The van der Waals surface area contributed by atoms with Crippen LogP contribution in [0.2, 0.25) is 5.02 Å². The van der Waals surface area contributed by atoms with E-state index in [2.05, 4.69) is 5.32 Å². The van der Waals surface area contributed by atoms with Crippen molar-refractivity contribution in [2.45, 2.75) is 46.8 Å². The van der Waals surface area contributed by atoms with Gasteiger partial charge in [0.15, 0.2) is 0 Å². The average Bonchev–Trinajstić information content (AvgIpc) is 2.96. The van der Waals surface area contributed by atoms with E-state index in [-0.39, 0.29) is 33.2 Å². The maximum atomic E-state index is 12.9. The molecule has 0 saturated heterocycles. The van der Waals surface area contributed by atoms with Crippen LogP contribution in [-0.2, 0) is 9.47 Å². The summed E-state index contributed by atoms with van der Waals surface area (Å²) in [6.07, 6.45) is -0.710. The van der Waals surface area contributed by atoms with Crippen LogP contribution in [0, 0.1) is 6.92 Å². The number of methoxy groups -OCH3 is 1. The lowest BCUT2D eigenvalue weighted by Crippen LogP contribution is -2.17. The molecule has 1 aromatic heterocycles. The van der Waals surface area contributed by atoms with Gasteiger partial charge in [0.2, 0.25) is 0 Å². The van der Waals surface area contributed by atoms with E-state index in [0.29, 0.717) is 16.3 Å². The lowest BCUT2D eigenvalue weighted by molar-refractivity contribution is 0.0378. The van der Waals surface area contributed by atoms with Gasteiger partial charge >= 0.3 is 11.9 Å². The molecule has 162 valence electrons. The Morgan fingerprint density at radius 2 is 1.63 bits per heavy atom. The minimum Gasteiger partial charge on any atom is -0.496 e. The Kier molecular flexibility index (Phi) is 7.86. The van der Waals surface area contributed by atoms with Crippen LogP contribution in [0.25, 0.3) is 0 Å². The molecule has 2 rings (SSSR count). The SMILES string of the molecule is COc1ccc(Cl)cc1C(=O)Nc1sc(C(=O)OC(C)C)c(C)c1C(=O)OC(C)C. The molecule has 30 heavy (non-hydrogen) atoms. The van der Waals surface area contributed by atoms with Crippen molar-refractivity contribution in [3.05, 3.63) is 44.8 Å². The average molecular weight is 454 g/mol. The maximum Gasteiger partial charge on any atom is 0.348 e. The fourth-order valence-electron chi connectivity index (χ4n) is 2.61. The largest absolute Gasteiger partial charge is 0.496 e. The molecule has 1 heterocycles. The molecule has 1 N–H and O–H groups in total. The van der Waals surface area contributed by atoms with Crippen molar-refractivity contribution in [2.75, 3.05) is 12.4 Å². The van der Waals surface area contributed by atoms with Gasteiger partial charge in [-0.2, -0.15) is 0 Å². The molecular formula is C21H24ClNO6S. The Morgan fingerprint density at radius 3 is 2.20 bits per heavy atom. The van der Waals surface area contributed by atoms with E-state index in [0.717, 1.165) is 11.3 Å². The number of esters is 2. The topological polar surface area (TPSA) is 90.9 Å². The fourth-order valence-corrected chi connectivity index (χ4v) is 3.86. The third-order valence-corrected chi connectivity index (χ3v) is 5.28. The number of nitrogens with one attached hydrogen (secondary N) is 1. The predicted molar refractivity (Wildman–Crippen MR) is 116 cm³/mol. The van der Waals surface area contributed by atoms with Crippen LogP contribution < -0.4 is 10.1 Å². The second-order valence-electron chi connectivity index (χ2n) is 6.97. The highest BCUT2D eigenvalue weighted by Crippen LogP contribution is 2.35. The Morgan fingerprint density at radius 1 is 1.03 bits per heavy atom. The summed E-state index contributed by atoms with van der Waals surface area (Å²) in [5.74, 6) is -1.45. The summed E-state index contributed by atoms with van der Waals surface area (Å²) in [4.78, 5) is 38.3. The number of thiophene rings is 1. The van der Waals surface area contributed by atoms with Gasteiger partial charge in [0.05, 0.1) is 30.4 Å². The van der Waals surface area contributed by atoms with Crippen molar-refractivity contribution in [3.8, 4) is 5.75 Å². The van der Waals surface area contributed by atoms with Crippen molar-refractivity contribution in [1.82, 2.24) is 0 Å². The van der Waals surface area contributed by atoms with Crippen LogP contribution in [0.5, 0.6) is 5.75 Å². The molecule has 0 bridgehead atoms. The monoisotopic (exact) mass is 453 g/mol. The molecule has 0 aliphatic rings. The fraction of sp³-hybridized carbons (Fsp3) is 0.381. The molecule has 0 aliphatic carbocycles. The molecule has 1 aromatic carbocycles. The highest BCUT2D eigenvalue weighted by atomic mass is 35.5. The molecule has 0 spiro atoms. The summed E-state index contributed by atoms with van der Waals surface area (Å²) in [5, 5.41) is 3.22. The molecular weight excluding hydrogens is 430 g/mol. The quantitative estimate of drug-likeness (QED) is 0.586. The van der Waals surface area contributed by atoms with Gasteiger partial charge in [-0.05, 0) is 58.4 Å². The lowest BCUT2D eigenvalue weighted by Gasteiger charge is -2.12. The first-order chi connectivity index (χ1) is 14.0. The van der Waals surface area contributed by atoms with E-state index in [1.807, 2.05) is 0 Å². The molecule has 2 aromatic rings. The van der Waals surface area contributed by atoms with Crippen LogP contribution in [0.15, 0.2) is 18.2 Å². The number of carbonyl (C=O) groups excluding carboxylic acids is 3. The zero-order valence-corrected chi connectivity index (χ0v) is 19.2. The van der Waals surface area contributed by atoms with Crippen molar-refractivity contribution in [3.63, 3.8) is 0 Å². The zero-order chi connectivity index (χ0) is 22.6. The normalized spacial score (nSPS) is 10.8. The van der Waals surface area contributed by atoms with Gasteiger partial charge in [-0.25, -0.2) is 9.59 Å². The van der Waals surface area contributed by atoms with E-state index in [9.17, 15) is 14.4 Å². The molecule has 7 nitrogen and oxygen atoms in total. The second kappa shape index (κ2) is 9.95. The van der Waals surface area contributed by atoms with Gasteiger partial charge in [0, 0.05) is 5.02 Å². The minimum atomic E-state index is -0.643. The summed E-state index contributed by atoms with van der Waals surface area (Å²) in [6.45, 7) is 8.48. The van der Waals surface area contributed by atoms with Crippen LogP contribution in [-0.4, -0.2) is 37.2 Å². The van der Waals surface area contributed by atoms with Crippen molar-refractivity contribution >= 4 is 45.8 Å². The van der Waals surface area contributed by atoms with Gasteiger partial charge in [-0.15, -0.1) is 11.3 Å². The number of amides is 1. The third kappa shape index (κ3) is 5.52. The minimum absolute atomic E-state index is 0.110. The molecule has 1 amide bonds. The van der Waals surface area contributed by atoms with Crippen LogP contribution in [0.3, 0.4) is 0 Å². The van der Waals surface area contributed by atoms with E-state index < -0.39 is 17.8 Å². The lowest BCUT2D eigenvalue weighted by atomic mass is 10.1. The first-order valence-corrected chi connectivity index (χ1v) is 10.4. The smallest absolute Gasteiger partial charge is 0.348 e. The number of halogens is 1. The Balaban J connectivity index is 2.49. The Bertz CT molecular complexity index is 967. The molecule has 0 fully saturated rings. The molecule has 0 unspecified atom stereocenters. The zero-order valence-electron chi connectivity index (χ0n) is 17.6. The number of hydrogen-bond acceptors (Lipinski definition) is 7. The van der Waals surface area contributed by atoms with E-state index >= 15 is 0 Å². The molecule has 9 heteroatoms. The highest BCUT2D eigenvalue weighted by Gasteiger charge is 2.29.